The fraction of sp³-hybridized carbons (Fsp3) is 0.316. The smallest absolute Gasteiger partial charge is 0.255 e. The number of nitrogens with one attached hydrogen (secondary N) is 2. The normalized spacial score (nSPS) is 16.8. The molecule has 4 rings (SSSR count). The Labute approximate surface area is 156 Å². The van der Waals surface area contributed by atoms with E-state index in [1.807, 2.05) is 0 Å². The highest BCUT2D eigenvalue weighted by Gasteiger charge is 2.26. The van der Waals surface area contributed by atoms with Crippen LogP contribution in [0.15, 0.2) is 36.7 Å². The van der Waals surface area contributed by atoms with Gasteiger partial charge >= 0.3 is 0 Å². The molecule has 1 aromatic carbocycles. The first-order chi connectivity index (χ1) is 13.1. The van der Waals surface area contributed by atoms with Crippen molar-refractivity contribution in [1.29, 1.82) is 0 Å². The summed E-state index contributed by atoms with van der Waals surface area (Å²) in [6, 6.07) is 6.81. The Hall–Kier alpha value is -3.29. The topological polar surface area (TPSA) is 94.7 Å². The van der Waals surface area contributed by atoms with E-state index in [1.54, 1.807) is 46.5 Å². The molecule has 0 unspecified atom stereocenters. The van der Waals surface area contributed by atoms with Crippen LogP contribution in [0, 0.1) is 0 Å². The van der Waals surface area contributed by atoms with Crippen molar-refractivity contribution >= 4 is 23.4 Å². The zero-order valence-electron chi connectivity index (χ0n) is 14.7. The molecule has 8 heteroatoms. The maximum atomic E-state index is 12.8. The zero-order chi connectivity index (χ0) is 18.8. The fourth-order valence-electron chi connectivity index (χ4n) is 3.29. The highest BCUT2D eigenvalue weighted by Crippen LogP contribution is 2.28. The van der Waals surface area contributed by atoms with Crippen molar-refractivity contribution in [2.24, 2.45) is 0 Å². The summed E-state index contributed by atoms with van der Waals surface area (Å²) in [6.45, 7) is 2.23. The van der Waals surface area contributed by atoms with E-state index in [4.69, 9.17) is 4.74 Å². The molecule has 1 saturated heterocycles. The predicted molar refractivity (Wildman–Crippen MR) is 97.8 cm³/mol. The number of piperazine rings is 1. The monoisotopic (exact) mass is 368 g/mol. The fourth-order valence-corrected chi connectivity index (χ4v) is 3.29. The molecule has 1 aromatic heterocycles. The number of nitrogens with zero attached hydrogens (tertiary/aromatic N) is 2. The lowest BCUT2D eigenvalue weighted by atomic mass is 10.1. The van der Waals surface area contributed by atoms with Crippen molar-refractivity contribution in [3.05, 3.63) is 47.8 Å². The molecule has 0 atom stereocenters. The quantitative estimate of drug-likeness (QED) is 0.836. The van der Waals surface area contributed by atoms with Crippen LogP contribution in [0.25, 0.3) is 0 Å². The number of benzene rings is 1. The van der Waals surface area contributed by atoms with Gasteiger partial charge in [0.1, 0.15) is 5.75 Å². The molecular weight excluding hydrogens is 348 g/mol. The van der Waals surface area contributed by atoms with Gasteiger partial charge in [-0.15, -0.1) is 0 Å². The lowest BCUT2D eigenvalue weighted by molar-refractivity contribution is -0.116. The van der Waals surface area contributed by atoms with Gasteiger partial charge < -0.3 is 24.8 Å². The molecule has 2 aliphatic heterocycles. The van der Waals surface area contributed by atoms with Gasteiger partial charge in [0.05, 0.1) is 24.3 Å². The summed E-state index contributed by atoms with van der Waals surface area (Å²) in [5, 5.41) is 2.77. The summed E-state index contributed by atoms with van der Waals surface area (Å²) in [6.07, 6.45) is 3.68. The van der Waals surface area contributed by atoms with Crippen molar-refractivity contribution in [1.82, 2.24) is 14.8 Å². The third-order valence-electron chi connectivity index (χ3n) is 4.79. The van der Waals surface area contributed by atoms with E-state index in [0.29, 0.717) is 55.3 Å². The minimum absolute atomic E-state index is 0.0340. The van der Waals surface area contributed by atoms with Gasteiger partial charge in [0.25, 0.3) is 11.8 Å². The van der Waals surface area contributed by atoms with Crippen LogP contribution in [0.3, 0.4) is 0 Å². The third kappa shape index (κ3) is 3.51. The Kier molecular flexibility index (Phi) is 4.53. The van der Waals surface area contributed by atoms with Crippen molar-refractivity contribution < 1.29 is 19.1 Å². The maximum Gasteiger partial charge on any atom is 0.255 e. The van der Waals surface area contributed by atoms with Crippen LogP contribution < -0.4 is 10.1 Å². The van der Waals surface area contributed by atoms with Gasteiger partial charge in [-0.3, -0.25) is 14.4 Å². The van der Waals surface area contributed by atoms with Crippen LogP contribution >= 0.6 is 0 Å². The van der Waals surface area contributed by atoms with Crippen LogP contribution in [0.4, 0.5) is 5.69 Å². The second-order valence-electron chi connectivity index (χ2n) is 6.54. The Bertz CT molecular complexity index is 870. The van der Waals surface area contributed by atoms with Crippen LogP contribution in [0.5, 0.6) is 5.75 Å². The largest absolute Gasteiger partial charge is 0.491 e. The van der Waals surface area contributed by atoms with Crippen LogP contribution in [-0.4, -0.2) is 65.3 Å². The Morgan fingerprint density at radius 2 is 1.67 bits per heavy atom. The molecule has 8 nitrogen and oxygen atoms in total. The SMILES string of the molecule is O=C1CCOc2ccc(C(=O)N3CCN(C(=O)c4cc[nH]c4)CC3)cc2N1. The standard InChI is InChI=1S/C19H20N4O4/c24-17-4-10-27-16-2-1-13(11-15(16)21-17)18(25)22-6-8-23(9-7-22)19(26)14-3-5-20-12-14/h1-3,5,11-12,20H,4,6-10H2,(H,21,24). The molecule has 2 N–H and O–H groups in total. The molecule has 0 radical (unpaired) electrons. The van der Waals surface area contributed by atoms with E-state index in [1.165, 1.54) is 0 Å². The van der Waals surface area contributed by atoms with E-state index < -0.39 is 0 Å². The molecule has 2 aliphatic rings. The Balaban J connectivity index is 1.42. The van der Waals surface area contributed by atoms with E-state index in [9.17, 15) is 14.4 Å². The predicted octanol–water partition coefficient (Wildman–Crippen LogP) is 1.33. The number of aromatic amines is 1. The summed E-state index contributed by atoms with van der Waals surface area (Å²) in [4.78, 5) is 43.3. The molecule has 3 heterocycles. The number of rotatable bonds is 2. The molecule has 0 spiro atoms. The van der Waals surface area contributed by atoms with Gasteiger partial charge in [-0.25, -0.2) is 0 Å². The summed E-state index contributed by atoms with van der Waals surface area (Å²) >= 11 is 0. The number of carbonyl (C=O) groups is 3. The molecule has 1 fully saturated rings. The molecule has 2 aromatic rings. The molecule has 140 valence electrons. The number of ether oxygens (including phenoxy) is 1. The van der Waals surface area contributed by atoms with Crippen molar-refractivity contribution in [2.45, 2.75) is 6.42 Å². The van der Waals surface area contributed by atoms with Gasteiger partial charge in [0, 0.05) is 44.1 Å². The van der Waals surface area contributed by atoms with E-state index in [0.717, 1.165) is 0 Å². The van der Waals surface area contributed by atoms with Crippen molar-refractivity contribution in [3.63, 3.8) is 0 Å². The average molecular weight is 368 g/mol. The first-order valence-electron chi connectivity index (χ1n) is 8.90. The number of hydrogen-bond donors (Lipinski definition) is 2. The van der Waals surface area contributed by atoms with Gasteiger partial charge in [0.15, 0.2) is 0 Å². The van der Waals surface area contributed by atoms with Crippen LogP contribution in [0.2, 0.25) is 0 Å². The van der Waals surface area contributed by atoms with Crippen LogP contribution in [-0.2, 0) is 4.79 Å². The minimum Gasteiger partial charge on any atom is -0.491 e. The second-order valence-corrected chi connectivity index (χ2v) is 6.54. The number of fused-ring (bicyclic) bond motifs is 1. The van der Waals surface area contributed by atoms with Gasteiger partial charge in [0.2, 0.25) is 5.91 Å². The number of H-pyrrole nitrogens is 1. The number of hydrogen-bond acceptors (Lipinski definition) is 4. The molecular formula is C19H20N4O4. The summed E-state index contributed by atoms with van der Waals surface area (Å²) in [7, 11) is 0. The number of anilines is 1. The first-order valence-corrected chi connectivity index (χ1v) is 8.90. The summed E-state index contributed by atoms with van der Waals surface area (Å²) < 4.78 is 5.52. The van der Waals surface area contributed by atoms with Gasteiger partial charge in [-0.1, -0.05) is 0 Å². The number of carbonyl (C=O) groups excluding carboxylic acids is 3. The van der Waals surface area contributed by atoms with E-state index in [-0.39, 0.29) is 24.1 Å². The third-order valence-corrected chi connectivity index (χ3v) is 4.79. The highest BCUT2D eigenvalue weighted by atomic mass is 16.5. The number of amides is 3. The molecule has 0 saturated carbocycles. The van der Waals surface area contributed by atoms with Crippen molar-refractivity contribution in [2.75, 3.05) is 38.1 Å². The Morgan fingerprint density at radius 1 is 0.963 bits per heavy atom. The van der Waals surface area contributed by atoms with Gasteiger partial charge in [-0.2, -0.15) is 0 Å². The highest BCUT2D eigenvalue weighted by molar-refractivity contribution is 5.99. The molecule has 0 bridgehead atoms. The second kappa shape index (κ2) is 7.14. The Morgan fingerprint density at radius 3 is 2.33 bits per heavy atom. The van der Waals surface area contributed by atoms with Crippen LogP contribution in [0.1, 0.15) is 27.1 Å². The first kappa shape index (κ1) is 17.1. The van der Waals surface area contributed by atoms with Crippen molar-refractivity contribution in [3.8, 4) is 5.75 Å². The molecule has 0 aliphatic carbocycles. The molecule has 27 heavy (non-hydrogen) atoms. The average Bonchev–Trinajstić information content (AvgIpc) is 3.16. The number of aromatic nitrogens is 1. The minimum atomic E-state index is -0.129. The molecule has 3 amide bonds. The van der Waals surface area contributed by atoms with E-state index in [2.05, 4.69) is 10.3 Å². The maximum absolute atomic E-state index is 12.8. The van der Waals surface area contributed by atoms with Gasteiger partial charge in [-0.05, 0) is 24.3 Å². The zero-order valence-corrected chi connectivity index (χ0v) is 14.7. The van der Waals surface area contributed by atoms with E-state index >= 15 is 0 Å². The lowest BCUT2D eigenvalue weighted by Gasteiger charge is -2.34. The lowest BCUT2D eigenvalue weighted by Crippen LogP contribution is -2.50. The summed E-state index contributed by atoms with van der Waals surface area (Å²) in [5.41, 5.74) is 1.63. The summed E-state index contributed by atoms with van der Waals surface area (Å²) in [5.74, 6) is 0.285.